The molecule has 0 saturated heterocycles. The fraction of sp³-hybridized carbons (Fsp3) is 0.600. The van der Waals surface area contributed by atoms with Crippen molar-refractivity contribution in [1.29, 1.82) is 0 Å². The van der Waals surface area contributed by atoms with Crippen LogP contribution >= 0.6 is 0 Å². The molecule has 0 saturated carbocycles. The van der Waals surface area contributed by atoms with Crippen LogP contribution in [0.25, 0.3) is 0 Å². The number of hydrogen-bond acceptors (Lipinski definition) is 3. The number of hydrogen-bond donors (Lipinski definition) is 1. The number of sulfone groups is 1. The second-order valence-electron chi connectivity index (χ2n) is 5.40. The van der Waals surface area contributed by atoms with Gasteiger partial charge in [0.1, 0.15) is 9.84 Å². The lowest BCUT2D eigenvalue weighted by Gasteiger charge is -2.29. The molecule has 1 aromatic carbocycles. The van der Waals surface area contributed by atoms with E-state index in [1.807, 2.05) is 18.2 Å². The van der Waals surface area contributed by atoms with Crippen molar-refractivity contribution in [3.63, 3.8) is 0 Å². The molecule has 2 N–H and O–H groups in total. The molecule has 3 nitrogen and oxygen atoms in total. The highest BCUT2D eigenvalue weighted by Gasteiger charge is 2.25. The number of rotatable bonds is 7. The Kier molecular flexibility index (Phi) is 6.01. The Bertz CT molecular complexity index is 470. The van der Waals surface area contributed by atoms with Gasteiger partial charge in [-0.05, 0) is 17.9 Å². The van der Waals surface area contributed by atoms with Gasteiger partial charge >= 0.3 is 0 Å². The molecule has 0 aliphatic heterocycles. The van der Waals surface area contributed by atoms with E-state index in [4.69, 9.17) is 5.73 Å². The van der Waals surface area contributed by atoms with Crippen LogP contribution in [0.1, 0.15) is 38.2 Å². The highest BCUT2D eigenvalue weighted by Crippen LogP contribution is 2.30. The van der Waals surface area contributed by atoms with Crippen molar-refractivity contribution in [3.05, 3.63) is 35.9 Å². The lowest BCUT2D eigenvalue weighted by atomic mass is 9.79. The predicted molar refractivity (Wildman–Crippen MR) is 80.9 cm³/mol. The molecular formula is C15H25NO2S. The van der Waals surface area contributed by atoms with Gasteiger partial charge < -0.3 is 5.73 Å². The molecule has 108 valence electrons. The van der Waals surface area contributed by atoms with Crippen LogP contribution in [0.4, 0.5) is 0 Å². The second kappa shape index (κ2) is 7.06. The zero-order valence-corrected chi connectivity index (χ0v) is 12.9. The minimum atomic E-state index is -2.95. The Morgan fingerprint density at radius 1 is 1.21 bits per heavy atom. The van der Waals surface area contributed by atoms with E-state index >= 15 is 0 Å². The molecule has 19 heavy (non-hydrogen) atoms. The van der Waals surface area contributed by atoms with Crippen molar-refractivity contribution < 1.29 is 8.42 Å². The summed E-state index contributed by atoms with van der Waals surface area (Å²) in [6.45, 7) is 4.32. The third kappa shape index (κ3) is 5.33. The van der Waals surface area contributed by atoms with Crippen molar-refractivity contribution in [2.45, 2.75) is 38.6 Å². The lowest BCUT2D eigenvalue weighted by molar-refractivity contribution is 0.375. The van der Waals surface area contributed by atoms with Crippen LogP contribution < -0.4 is 5.73 Å². The van der Waals surface area contributed by atoms with E-state index in [2.05, 4.69) is 26.0 Å². The molecular weight excluding hydrogens is 258 g/mol. The highest BCUT2D eigenvalue weighted by molar-refractivity contribution is 7.90. The summed E-state index contributed by atoms with van der Waals surface area (Å²) in [5.74, 6) is 0.818. The standard InChI is InChI=1S/C15H25NO2S/c1-4-12(2)15(13-8-6-5-7-9-13)14(16)10-11-19(3,17)18/h5-9,12,14-15H,4,10-11,16H2,1-3H3. The summed E-state index contributed by atoms with van der Waals surface area (Å²) >= 11 is 0. The summed E-state index contributed by atoms with van der Waals surface area (Å²) in [6.07, 6.45) is 2.81. The summed E-state index contributed by atoms with van der Waals surface area (Å²) in [7, 11) is -2.95. The first-order valence-electron chi connectivity index (χ1n) is 6.83. The van der Waals surface area contributed by atoms with Crippen LogP contribution in [0.15, 0.2) is 30.3 Å². The molecule has 0 aliphatic rings. The van der Waals surface area contributed by atoms with Crippen molar-refractivity contribution >= 4 is 9.84 Å². The molecule has 0 spiro atoms. The molecule has 0 aliphatic carbocycles. The van der Waals surface area contributed by atoms with Gasteiger partial charge in [-0.3, -0.25) is 0 Å². The van der Waals surface area contributed by atoms with Crippen molar-refractivity contribution in [3.8, 4) is 0 Å². The molecule has 1 aromatic rings. The first-order valence-corrected chi connectivity index (χ1v) is 8.89. The third-order valence-electron chi connectivity index (χ3n) is 3.72. The van der Waals surface area contributed by atoms with Gasteiger partial charge in [-0.15, -0.1) is 0 Å². The fourth-order valence-corrected chi connectivity index (χ4v) is 3.16. The minimum Gasteiger partial charge on any atom is -0.327 e. The zero-order valence-electron chi connectivity index (χ0n) is 12.0. The van der Waals surface area contributed by atoms with Gasteiger partial charge in [-0.1, -0.05) is 50.6 Å². The summed E-state index contributed by atoms with van der Waals surface area (Å²) in [6, 6.07) is 10.0. The van der Waals surface area contributed by atoms with E-state index in [9.17, 15) is 8.42 Å². The van der Waals surface area contributed by atoms with Crippen molar-refractivity contribution in [2.75, 3.05) is 12.0 Å². The van der Waals surface area contributed by atoms with Gasteiger partial charge in [0.25, 0.3) is 0 Å². The van der Waals surface area contributed by atoms with E-state index in [0.29, 0.717) is 12.3 Å². The van der Waals surface area contributed by atoms with Gasteiger partial charge in [0.05, 0.1) is 5.75 Å². The largest absolute Gasteiger partial charge is 0.327 e. The minimum absolute atomic E-state index is 0.118. The van der Waals surface area contributed by atoms with Crippen LogP contribution in [0.5, 0.6) is 0 Å². The third-order valence-corrected chi connectivity index (χ3v) is 4.70. The average Bonchev–Trinajstić information content (AvgIpc) is 2.37. The van der Waals surface area contributed by atoms with Gasteiger partial charge in [0, 0.05) is 18.2 Å². The molecule has 1 rings (SSSR count). The van der Waals surface area contributed by atoms with Gasteiger partial charge in [0.2, 0.25) is 0 Å². The highest BCUT2D eigenvalue weighted by atomic mass is 32.2. The fourth-order valence-electron chi connectivity index (χ4n) is 2.46. The summed E-state index contributed by atoms with van der Waals surface area (Å²) in [5.41, 5.74) is 7.48. The molecule has 0 heterocycles. The summed E-state index contributed by atoms with van der Waals surface area (Å²) < 4.78 is 22.6. The number of benzene rings is 1. The average molecular weight is 283 g/mol. The Balaban J connectivity index is 2.86. The predicted octanol–water partition coefficient (Wildman–Crippen LogP) is 2.58. The van der Waals surface area contributed by atoms with E-state index in [-0.39, 0.29) is 17.7 Å². The van der Waals surface area contributed by atoms with Crippen LogP contribution in [0.3, 0.4) is 0 Å². The smallest absolute Gasteiger partial charge is 0.147 e. The quantitative estimate of drug-likeness (QED) is 0.836. The molecule has 0 aromatic heterocycles. The lowest BCUT2D eigenvalue weighted by Crippen LogP contribution is -2.34. The molecule has 4 heteroatoms. The zero-order chi connectivity index (χ0) is 14.5. The molecule has 0 amide bonds. The molecule has 3 atom stereocenters. The number of nitrogens with two attached hydrogens (primary N) is 1. The first kappa shape index (κ1) is 16.2. The Labute approximate surface area is 117 Å². The van der Waals surface area contributed by atoms with Gasteiger partial charge in [-0.25, -0.2) is 8.42 Å². The van der Waals surface area contributed by atoms with Crippen molar-refractivity contribution in [1.82, 2.24) is 0 Å². The summed E-state index contributed by atoms with van der Waals surface area (Å²) in [4.78, 5) is 0. The van der Waals surface area contributed by atoms with E-state index in [1.54, 1.807) is 0 Å². The molecule has 0 bridgehead atoms. The van der Waals surface area contributed by atoms with E-state index in [1.165, 1.54) is 11.8 Å². The van der Waals surface area contributed by atoms with E-state index < -0.39 is 9.84 Å². The maximum atomic E-state index is 11.3. The van der Waals surface area contributed by atoms with Gasteiger partial charge in [0.15, 0.2) is 0 Å². The first-order chi connectivity index (χ1) is 8.85. The molecule has 0 radical (unpaired) electrons. The topological polar surface area (TPSA) is 60.2 Å². The maximum Gasteiger partial charge on any atom is 0.147 e. The van der Waals surface area contributed by atoms with Crippen LogP contribution in [-0.2, 0) is 9.84 Å². The Morgan fingerprint density at radius 2 is 1.79 bits per heavy atom. The SMILES string of the molecule is CCC(C)C(c1ccccc1)C(N)CCS(C)(=O)=O. The normalized spacial score (nSPS) is 16.8. The second-order valence-corrected chi connectivity index (χ2v) is 7.66. The van der Waals surface area contributed by atoms with Crippen molar-refractivity contribution in [2.24, 2.45) is 11.7 Å². The van der Waals surface area contributed by atoms with E-state index in [0.717, 1.165) is 6.42 Å². The van der Waals surface area contributed by atoms with Crippen LogP contribution in [0.2, 0.25) is 0 Å². The Hall–Kier alpha value is -0.870. The monoisotopic (exact) mass is 283 g/mol. The molecule has 3 unspecified atom stereocenters. The van der Waals surface area contributed by atoms with Gasteiger partial charge in [-0.2, -0.15) is 0 Å². The summed E-state index contributed by atoms with van der Waals surface area (Å²) in [5, 5.41) is 0. The van der Waals surface area contributed by atoms with Crippen LogP contribution in [-0.4, -0.2) is 26.5 Å². The van der Waals surface area contributed by atoms with Crippen LogP contribution in [0, 0.1) is 5.92 Å². The molecule has 0 fully saturated rings. The maximum absolute atomic E-state index is 11.3. The Morgan fingerprint density at radius 3 is 2.26 bits per heavy atom.